The number of sulfonamides is 1. The second kappa shape index (κ2) is 10.2. The summed E-state index contributed by atoms with van der Waals surface area (Å²) in [6, 6.07) is 2.35. The molecule has 11 nitrogen and oxygen atoms in total. The predicted molar refractivity (Wildman–Crippen MR) is 121 cm³/mol. The van der Waals surface area contributed by atoms with Gasteiger partial charge in [0.05, 0.1) is 18.3 Å². The van der Waals surface area contributed by atoms with Gasteiger partial charge >= 0.3 is 0 Å². The number of methoxy groups -OCH3 is 1. The van der Waals surface area contributed by atoms with Gasteiger partial charge in [-0.3, -0.25) is 24.5 Å². The zero-order valence-electron chi connectivity index (χ0n) is 17.6. The minimum Gasteiger partial charge on any atom is -0.495 e. The highest BCUT2D eigenvalue weighted by Crippen LogP contribution is 2.36. The maximum Gasteiger partial charge on any atom is 0.271 e. The molecule has 1 atom stereocenters. The average molecular weight is 490 g/mol. The molecule has 1 amide bonds. The second-order valence-electron chi connectivity index (χ2n) is 6.63. The molecule has 0 aliphatic heterocycles. The van der Waals surface area contributed by atoms with Crippen molar-refractivity contribution in [1.82, 2.24) is 10.2 Å². The molecule has 2 rings (SSSR count). The van der Waals surface area contributed by atoms with Crippen LogP contribution in [0.5, 0.6) is 5.75 Å². The first-order valence-corrected chi connectivity index (χ1v) is 12.6. The van der Waals surface area contributed by atoms with E-state index in [-0.39, 0.29) is 33.9 Å². The van der Waals surface area contributed by atoms with Crippen molar-refractivity contribution < 1.29 is 22.9 Å². The maximum atomic E-state index is 13.0. The molecule has 1 aromatic heterocycles. The molecule has 0 spiro atoms. The highest BCUT2D eigenvalue weighted by molar-refractivity contribution is 8.01. The first kappa shape index (κ1) is 24.8. The summed E-state index contributed by atoms with van der Waals surface area (Å²) in [6.45, 7) is 5.62. The van der Waals surface area contributed by atoms with Crippen LogP contribution < -0.4 is 14.4 Å². The number of carbonyl (C=O) groups excluding carboxylic acids is 1. The topological polar surface area (TPSA) is 145 Å². The van der Waals surface area contributed by atoms with E-state index in [9.17, 15) is 23.3 Å². The minimum atomic E-state index is -4.02. The van der Waals surface area contributed by atoms with Crippen molar-refractivity contribution in [2.24, 2.45) is 0 Å². The molecule has 0 aliphatic rings. The van der Waals surface area contributed by atoms with Gasteiger partial charge in [0, 0.05) is 17.4 Å². The SMILES string of the molecule is CCC(C(=O)Nc1nnc(SC(C)C)s1)N(c1cc([N+](=O)[O-])ccc1OC)S(C)(=O)=O. The van der Waals surface area contributed by atoms with Crippen LogP contribution in [-0.4, -0.2) is 54.1 Å². The van der Waals surface area contributed by atoms with Crippen molar-refractivity contribution in [1.29, 1.82) is 0 Å². The number of aromatic nitrogens is 2. The molecule has 31 heavy (non-hydrogen) atoms. The third-order valence-corrected chi connectivity index (χ3v) is 7.01. The number of thioether (sulfide) groups is 1. The Morgan fingerprint density at radius 1 is 1.39 bits per heavy atom. The summed E-state index contributed by atoms with van der Waals surface area (Å²) in [5.74, 6) is -0.562. The molecule has 1 unspecified atom stereocenters. The summed E-state index contributed by atoms with van der Waals surface area (Å²) in [5, 5.41) is 22.2. The van der Waals surface area contributed by atoms with E-state index in [1.165, 1.54) is 42.3 Å². The number of ether oxygens (including phenoxy) is 1. The summed E-state index contributed by atoms with van der Waals surface area (Å²) < 4.78 is 32.0. The van der Waals surface area contributed by atoms with Crippen LogP contribution in [0.2, 0.25) is 0 Å². The number of carbonyl (C=O) groups is 1. The summed E-state index contributed by atoms with van der Waals surface area (Å²) in [7, 11) is -2.71. The number of hydrogen-bond acceptors (Lipinski definition) is 10. The van der Waals surface area contributed by atoms with Gasteiger partial charge in [0.25, 0.3) is 5.69 Å². The van der Waals surface area contributed by atoms with E-state index in [2.05, 4.69) is 15.5 Å². The monoisotopic (exact) mass is 489 g/mol. The molecule has 170 valence electrons. The van der Waals surface area contributed by atoms with E-state index < -0.39 is 26.9 Å². The third-order valence-electron chi connectivity index (χ3n) is 3.91. The molecule has 0 fully saturated rings. The number of nitro benzene ring substituents is 1. The molecule has 2 aromatic rings. The van der Waals surface area contributed by atoms with Crippen molar-refractivity contribution in [2.75, 3.05) is 23.0 Å². The van der Waals surface area contributed by atoms with Gasteiger partial charge in [0.1, 0.15) is 17.5 Å². The number of nitrogens with one attached hydrogen (secondary N) is 1. The lowest BCUT2D eigenvalue weighted by Crippen LogP contribution is -2.47. The number of rotatable bonds is 10. The Morgan fingerprint density at radius 3 is 2.58 bits per heavy atom. The smallest absolute Gasteiger partial charge is 0.271 e. The van der Waals surface area contributed by atoms with Crippen molar-refractivity contribution in [3.05, 3.63) is 28.3 Å². The molecular formula is C17H23N5O6S3. The molecule has 0 aliphatic carbocycles. The van der Waals surface area contributed by atoms with Crippen molar-refractivity contribution in [3.63, 3.8) is 0 Å². The van der Waals surface area contributed by atoms with E-state index in [1.807, 2.05) is 13.8 Å². The zero-order chi connectivity index (χ0) is 23.3. The molecular weight excluding hydrogens is 466 g/mol. The number of benzene rings is 1. The van der Waals surface area contributed by atoms with Crippen LogP contribution in [0.3, 0.4) is 0 Å². The number of hydrogen-bond donors (Lipinski definition) is 1. The van der Waals surface area contributed by atoms with Crippen LogP contribution in [0.25, 0.3) is 0 Å². The normalized spacial score (nSPS) is 12.5. The Hall–Kier alpha value is -2.45. The van der Waals surface area contributed by atoms with Crippen molar-refractivity contribution in [2.45, 2.75) is 42.8 Å². The predicted octanol–water partition coefficient (Wildman–Crippen LogP) is 3.14. The minimum absolute atomic E-state index is 0.0776. The summed E-state index contributed by atoms with van der Waals surface area (Å²) in [5.41, 5.74) is -0.436. The van der Waals surface area contributed by atoms with E-state index in [4.69, 9.17) is 4.74 Å². The molecule has 0 saturated carbocycles. The fraction of sp³-hybridized carbons (Fsp3) is 0.471. The molecule has 0 radical (unpaired) electrons. The van der Waals surface area contributed by atoms with Crippen molar-refractivity contribution in [3.8, 4) is 5.75 Å². The fourth-order valence-electron chi connectivity index (χ4n) is 2.70. The third kappa shape index (κ3) is 6.27. The van der Waals surface area contributed by atoms with Crippen LogP contribution in [0.4, 0.5) is 16.5 Å². The molecule has 14 heteroatoms. The summed E-state index contributed by atoms with van der Waals surface area (Å²) >= 11 is 2.66. The van der Waals surface area contributed by atoms with Gasteiger partial charge in [-0.05, 0) is 12.5 Å². The van der Waals surface area contributed by atoms with Gasteiger partial charge in [-0.15, -0.1) is 10.2 Å². The maximum absolute atomic E-state index is 13.0. The van der Waals surface area contributed by atoms with E-state index in [1.54, 1.807) is 6.92 Å². The lowest BCUT2D eigenvalue weighted by molar-refractivity contribution is -0.384. The quantitative estimate of drug-likeness (QED) is 0.230. The largest absolute Gasteiger partial charge is 0.495 e. The lowest BCUT2D eigenvalue weighted by atomic mass is 10.1. The van der Waals surface area contributed by atoms with Gasteiger partial charge in [-0.1, -0.05) is 43.9 Å². The second-order valence-corrected chi connectivity index (χ2v) is 11.3. The van der Waals surface area contributed by atoms with E-state index >= 15 is 0 Å². The highest BCUT2D eigenvalue weighted by atomic mass is 32.2. The Balaban J connectivity index is 2.45. The van der Waals surface area contributed by atoms with Gasteiger partial charge in [0.2, 0.25) is 21.1 Å². The number of nitro groups is 1. The highest BCUT2D eigenvalue weighted by Gasteiger charge is 2.35. The summed E-state index contributed by atoms with van der Waals surface area (Å²) in [4.78, 5) is 23.6. The van der Waals surface area contributed by atoms with E-state index in [0.29, 0.717) is 4.34 Å². The molecule has 1 N–H and O–H groups in total. The first-order chi connectivity index (χ1) is 14.5. The average Bonchev–Trinajstić information content (AvgIpc) is 3.10. The van der Waals surface area contributed by atoms with Gasteiger partial charge in [-0.25, -0.2) is 8.42 Å². The number of non-ortho nitro benzene ring substituents is 1. The van der Waals surface area contributed by atoms with Crippen LogP contribution in [-0.2, 0) is 14.8 Å². The number of anilines is 2. The van der Waals surface area contributed by atoms with E-state index in [0.717, 1.165) is 16.6 Å². The molecule has 0 saturated heterocycles. The Labute approximate surface area is 188 Å². The van der Waals surface area contributed by atoms with Crippen LogP contribution in [0.15, 0.2) is 22.5 Å². The first-order valence-electron chi connectivity index (χ1n) is 9.10. The van der Waals surface area contributed by atoms with Gasteiger partial charge in [0.15, 0.2) is 4.34 Å². The standard InChI is InChI=1S/C17H23N5O6S3/c1-6-12(15(23)18-16-19-20-17(30-16)29-10(2)3)21(31(5,26)27)13-9-11(22(24)25)7-8-14(13)28-4/h7-10,12H,6H2,1-5H3,(H,18,19,23). The Kier molecular flexibility index (Phi) is 8.20. The molecule has 1 aromatic carbocycles. The van der Waals surface area contributed by atoms with Gasteiger partial charge < -0.3 is 4.74 Å². The lowest BCUT2D eigenvalue weighted by Gasteiger charge is -2.30. The Morgan fingerprint density at radius 2 is 2.06 bits per heavy atom. The van der Waals surface area contributed by atoms with Crippen LogP contribution >= 0.6 is 23.1 Å². The number of amides is 1. The molecule has 0 bridgehead atoms. The number of nitrogens with zero attached hydrogens (tertiary/aromatic N) is 4. The summed E-state index contributed by atoms with van der Waals surface area (Å²) in [6.07, 6.45) is 1.01. The molecule has 1 heterocycles. The fourth-order valence-corrected chi connectivity index (χ4v) is 5.88. The van der Waals surface area contributed by atoms with Gasteiger partial charge in [-0.2, -0.15) is 0 Å². The van der Waals surface area contributed by atoms with Crippen molar-refractivity contribution >= 4 is 55.5 Å². The zero-order valence-corrected chi connectivity index (χ0v) is 20.0. The van der Waals surface area contributed by atoms with Crippen LogP contribution in [0.1, 0.15) is 27.2 Å². The van der Waals surface area contributed by atoms with Crippen LogP contribution in [0, 0.1) is 10.1 Å². The Bertz CT molecular complexity index is 1060.